The smallest absolute Gasteiger partial charge is 0.248 e. The molecule has 1 N–H and O–H groups in total. The van der Waals surface area contributed by atoms with Gasteiger partial charge in [0.1, 0.15) is 11.5 Å². The summed E-state index contributed by atoms with van der Waals surface area (Å²) in [4.78, 5) is 12.1. The van der Waals surface area contributed by atoms with Gasteiger partial charge in [0.05, 0.1) is 12.7 Å². The molecule has 1 amide bonds. The van der Waals surface area contributed by atoms with Gasteiger partial charge in [-0.1, -0.05) is 15.9 Å². The maximum absolute atomic E-state index is 12.1. The molecule has 132 valence electrons. The van der Waals surface area contributed by atoms with Crippen molar-refractivity contribution >= 4 is 33.6 Å². The predicted octanol–water partition coefficient (Wildman–Crippen LogP) is 5.29. The van der Waals surface area contributed by atoms with E-state index in [9.17, 15) is 4.79 Å². The van der Waals surface area contributed by atoms with Crippen molar-refractivity contribution in [2.45, 2.75) is 26.9 Å². The molecule has 4 nitrogen and oxygen atoms in total. The van der Waals surface area contributed by atoms with Crippen LogP contribution in [-0.2, 0) is 4.79 Å². The van der Waals surface area contributed by atoms with Crippen LogP contribution in [-0.4, -0.2) is 18.6 Å². The average Bonchev–Trinajstić information content (AvgIpc) is 2.56. The van der Waals surface area contributed by atoms with Crippen LogP contribution in [0.3, 0.4) is 0 Å². The monoisotopic (exact) mass is 403 g/mol. The molecular weight excluding hydrogens is 382 g/mol. The number of carbonyl (C=O) groups excluding carboxylic acids is 1. The van der Waals surface area contributed by atoms with Gasteiger partial charge in [0.15, 0.2) is 0 Å². The first kappa shape index (κ1) is 19.1. The van der Waals surface area contributed by atoms with Crippen LogP contribution in [0.1, 0.15) is 26.3 Å². The third-order valence-electron chi connectivity index (χ3n) is 3.18. The Morgan fingerprint density at radius 2 is 1.92 bits per heavy atom. The SMILES string of the molecule is CCOc1ccc(Br)cc1C=CC(=O)Nc1ccc(OC(C)C)cc1. The summed E-state index contributed by atoms with van der Waals surface area (Å²) in [5.74, 6) is 1.31. The van der Waals surface area contributed by atoms with Crippen molar-refractivity contribution in [2.75, 3.05) is 11.9 Å². The lowest BCUT2D eigenvalue weighted by molar-refractivity contribution is -0.111. The molecule has 0 heterocycles. The van der Waals surface area contributed by atoms with Crippen LogP contribution in [0.15, 0.2) is 53.0 Å². The topological polar surface area (TPSA) is 47.6 Å². The fourth-order valence-electron chi connectivity index (χ4n) is 2.17. The fraction of sp³-hybridized carbons (Fsp3) is 0.250. The number of ether oxygens (including phenoxy) is 2. The van der Waals surface area contributed by atoms with Gasteiger partial charge in [0, 0.05) is 21.8 Å². The van der Waals surface area contributed by atoms with Gasteiger partial charge in [-0.05, 0) is 69.3 Å². The molecule has 0 radical (unpaired) electrons. The lowest BCUT2D eigenvalue weighted by Crippen LogP contribution is -2.08. The van der Waals surface area contributed by atoms with Gasteiger partial charge in [-0.2, -0.15) is 0 Å². The van der Waals surface area contributed by atoms with E-state index < -0.39 is 0 Å². The Bertz CT molecular complexity index is 739. The first-order valence-corrected chi connectivity index (χ1v) is 8.95. The van der Waals surface area contributed by atoms with E-state index in [1.165, 1.54) is 6.08 Å². The number of hydrogen-bond donors (Lipinski definition) is 1. The van der Waals surface area contributed by atoms with E-state index in [4.69, 9.17) is 9.47 Å². The molecule has 0 saturated carbocycles. The van der Waals surface area contributed by atoms with Gasteiger partial charge < -0.3 is 14.8 Å². The zero-order valence-electron chi connectivity index (χ0n) is 14.6. The normalized spacial score (nSPS) is 10.9. The van der Waals surface area contributed by atoms with Crippen LogP contribution in [0.2, 0.25) is 0 Å². The molecule has 0 saturated heterocycles. The van der Waals surface area contributed by atoms with E-state index in [0.29, 0.717) is 12.3 Å². The van der Waals surface area contributed by atoms with Crippen molar-refractivity contribution in [1.82, 2.24) is 0 Å². The lowest BCUT2D eigenvalue weighted by Gasteiger charge is -2.10. The number of hydrogen-bond acceptors (Lipinski definition) is 3. The molecule has 0 aliphatic heterocycles. The van der Waals surface area contributed by atoms with E-state index in [1.54, 1.807) is 6.08 Å². The maximum Gasteiger partial charge on any atom is 0.248 e. The highest BCUT2D eigenvalue weighted by atomic mass is 79.9. The molecule has 0 fully saturated rings. The molecule has 0 bridgehead atoms. The summed E-state index contributed by atoms with van der Waals surface area (Å²) in [5, 5.41) is 2.82. The molecule has 0 atom stereocenters. The minimum Gasteiger partial charge on any atom is -0.493 e. The third-order valence-corrected chi connectivity index (χ3v) is 3.67. The number of halogens is 1. The van der Waals surface area contributed by atoms with Crippen molar-refractivity contribution in [2.24, 2.45) is 0 Å². The van der Waals surface area contributed by atoms with Crippen molar-refractivity contribution in [3.05, 3.63) is 58.6 Å². The molecular formula is C20H22BrNO3. The Balaban J connectivity index is 2.02. The number of carbonyl (C=O) groups is 1. The van der Waals surface area contributed by atoms with E-state index in [0.717, 1.165) is 21.5 Å². The standard InChI is InChI=1S/C20H22BrNO3/c1-4-24-19-11-6-16(21)13-15(19)5-12-20(23)22-17-7-9-18(10-8-17)25-14(2)3/h5-14H,4H2,1-3H3,(H,22,23). The maximum atomic E-state index is 12.1. The van der Waals surface area contributed by atoms with Crippen LogP contribution >= 0.6 is 15.9 Å². The number of anilines is 1. The van der Waals surface area contributed by atoms with Gasteiger partial charge in [0.2, 0.25) is 5.91 Å². The number of rotatable bonds is 7. The van der Waals surface area contributed by atoms with Gasteiger partial charge in [0.25, 0.3) is 0 Å². The molecule has 25 heavy (non-hydrogen) atoms. The van der Waals surface area contributed by atoms with Crippen LogP contribution in [0.25, 0.3) is 6.08 Å². The van der Waals surface area contributed by atoms with E-state index in [1.807, 2.05) is 63.2 Å². The Kier molecular flexibility index (Phi) is 7.07. The Hall–Kier alpha value is -2.27. The zero-order chi connectivity index (χ0) is 18.2. The lowest BCUT2D eigenvalue weighted by atomic mass is 10.2. The molecule has 2 rings (SSSR count). The molecule has 0 aliphatic rings. The number of amides is 1. The zero-order valence-corrected chi connectivity index (χ0v) is 16.2. The van der Waals surface area contributed by atoms with Crippen LogP contribution in [0.4, 0.5) is 5.69 Å². The van der Waals surface area contributed by atoms with Gasteiger partial charge in [-0.3, -0.25) is 4.79 Å². The molecule has 0 spiro atoms. The summed E-state index contributed by atoms with van der Waals surface area (Å²) < 4.78 is 12.1. The minimum absolute atomic E-state index is 0.119. The van der Waals surface area contributed by atoms with E-state index >= 15 is 0 Å². The molecule has 0 unspecified atom stereocenters. The largest absolute Gasteiger partial charge is 0.493 e. The van der Waals surface area contributed by atoms with Crippen LogP contribution in [0.5, 0.6) is 11.5 Å². The first-order valence-electron chi connectivity index (χ1n) is 8.16. The van der Waals surface area contributed by atoms with Crippen LogP contribution in [0, 0.1) is 0 Å². The Morgan fingerprint density at radius 1 is 1.20 bits per heavy atom. The number of nitrogens with one attached hydrogen (secondary N) is 1. The molecule has 5 heteroatoms. The second kappa shape index (κ2) is 9.28. The Morgan fingerprint density at radius 3 is 2.56 bits per heavy atom. The first-order chi connectivity index (χ1) is 12.0. The van der Waals surface area contributed by atoms with E-state index in [-0.39, 0.29) is 12.0 Å². The molecule has 2 aromatic carbocycles. The highest BCUT2D eigenvalue weighted by molar-refractivity contribution is 9.10. The summed E-state index contributed by atoms with van der Waals surface area (Å²) >= 11 is 3.43. The summed E-state index contributed by atoms with van der Waals surface area (Å²) in [6, 6.07) is 13.0. The number of benzene rings is 2. The molecule has 0 aliphatic carbocycles. The summed E-state index contributed by atoms with van der Waals surface area (Å²) in [5.41, 5.74) is 1.55. The minimum atomic E-state index is -0.208. The molecule has 2 aromatic rings. The van der Waals surface area contributed by atoms with Crippen molar-refractivity contribution in [1.29, 1.82) is 0 Å². The van der Waals surface area contributed by atoms with Crippen molar-refractivity contribution in [3.8, 4) is 11.5 Å². The summed E-state index contributed by atoms with van der Waals surface area (Å²) in [6.07, 6.45) is 3.34. The predicted molar refractivity (Wildman–Crippen MR) is 105 cm³/mol. The van der Waals surface area contributed by atoms with Gasteiger partial charge in [-0.15, -0.1) is 0 Å². The van der Waals surface area contributed by atoms with Gasteiger partial charge in [-0.25, -0.2) is 0 Å². The van der Waals surface area contributed by atoms with Crippen molar-refractivity contribution in [3.63, 3.8) is 0 Å². The third kappa shape index (κ3) is 6.27. The van der Waals surface area contributed by atoms with E-state index in [2.05, 4.69) is 21.2 Å². The molecule has 0 aromatic heterocycles. The average molecular weight is 404 g/mol. The van der Waals surface area contributed by atoms with Crippen molar-refractivity contribution < 1.29 is 14.3 Å². The highest BCUT2D eigenvalue weighted by Gasteiger charge is 2.04. The fourth-order valence-corrected chi connectivity index (χ4v) is 2.55. The summed E-state index contributed by atoms with van der Waals surface area (Å²) in [7, 11) is 0. The summed E-state index contributed by atoms with van der Waals surface area (Å²) in [6.45, 7) is 6.44. The van der Waals surface area contributed by atoms with Crippen LogP contribution < -0.4 is 14.8 Å². The highest BCUT2D eigenvalue weighted by Crippen LogP contribution is 2.24. The second-order valence-electron chi connectivity index (χ2n) is 5.63. The quantitative estimate of drug-likeness (QED) is 0.639. The Labute approximate surface area is 157 Å². The second-order valence-corrected chi connectivity index (χ2v) is 6.54. The van der Waals surface area contributed by atoms with Gasteiger partial charge >= 0.3 is 0 Å².